The Morgan fingerprint density at radius 1 is 1.29 bits per heavy atom. The van der Waals surface area contributed by atoms with E-state index in [-0.39, 0.29) is 18.1 Å². The van der Waals surface area contributed by atoms with Gasteiger partial charge in [-0.2, -0.15) is 0 Å². The fourth-order valence-corrected chi connectivity index (χ4v) is 2.06. The lowest BCUT2D eigenvalue weighted by Crippen LogP contribution is -2.42. The molecule has 0 fully saturated rings. The van der Waals surface area contributed by atoms with Gasteiger partial charge in [-0.3, -0.25) is 4.79 Å². The number of ether oxygens (including phenoxy) is 1. The van der Waals surface area contributed by atoms with Crippen LogP contribution in [0.5, 0.6) is 5.75 Å². The second-order valence-electron chi connectivity index (χ2n) is 7.34. The first-order valence-electron chi connectivity index (χ1n) is 8.22. The number of hydrogen-bond acceptors (Lipinski definition) is 4. The van der Waals surface area contributed by atoms with Gasteiger partial charge in [0.05, 0.1) is 5.02 Å². The predicted octanol–water partition coefficient (Wildman–Crippen LogP) is 2.85. The third kappa shape index (κ3) is 7.99. The second-order valence-corrected chi connectivity index (χ2v) is 7.75. The van der Waals surface area contributed by atoms with E-state index in [0.29, 0.717) is 35.3 Å². The number of aliphatic hydroxyl groups excluding tert-OH is 1. The average molecular weight is 357 g/mol. The molecule has 1 amide bonds. The molecule has 0 radical (unpaired) electrons. The third-order valence-electron chi connectivity index (χ3n) is 3.16. The molecule has 1 atom stereocenters. The summed E-state index contributed by atoms with van der Waals surface area (Å²) < 4.78 is 5.54. The van der Waals surface area contributed by atoms with Crippen molar-refractivity contribution in [3.05, 3.63) is 28.8 Å². The molecular weight excluding hydrogens is 328 g/mol. The molecule has 24 heavy (non-hydrogen) atoms. The first-order valence-corrected chi connectivity index (χ1v) is 8.60. The van der Waals surface area contributed by atoms with E-state index in [9.17, 15) is 9.90 Å². The van der Waals surface area contributed by atoms with E-state index in [4.69, 9.17) is 16.3 Å². The lowest BCUT2D eigenvalue weighted by atomic mass is 10.1. The first-order chi connectivity index (χ1) is 11.1. The summed E-state index contributed by atoms with van der Waals surface area (Å²) in [6.45, 7) is 11.3. The van der Waals surface area contributed by atoms with Crippen molar-refractivity contribution >= 4 is 17.5 Å². The third-order valence-corrected chi connectivity index (χ3v) is 3.46. The minimum atomic E-state index is -0.644. The summed E-state index contributed by atoms with van der Waals surface area (Å²) in [4.78, 5) is 12.0. The number of hydrogen-bond donors (Lipinski definition) is 3. The number of carbonyl (C=O) groups excluding carboxylic acids is 1. The molecule has 1 rings (SSSR count). The van der Waals surface area contributed by atoms with Gasteiger partial charge in [0, 0.05) is 24.2 Å². The molecule has 0 heterocycles. The maximum atomic E-state index is 12.0. The monoisotopic (exact) mass is 356 g/mol. The lowest BCUT2D eigenvalue weighted by Gasteiger charge is -2.23. The Balaban J connectivity index is 2.54. The quantitative estimate of drug-likeness (QED) is 0.669. The topological polar surface area (TPSA) is 70.6 Å². The average Bonchev–Trinajstić information content (AvgIpc) is 2.48. The number of aliphatic hydroxyl groups is 1. The Hall–Kier alpha value is -1.30. The minimum Gasteiger partial charge on any atom is -0.489 e. The highest BCUT2D eigenvalue weighted by molar-refractivity contribution is 6.32. The van der Waals surface area contributed by atoms with Gasteiger partial charge in [-0.15, -0.1) is 0 Å². The smallest absolute Gasteiger partial charge is 0.251 e. The van der Waals surface area contributed by atoms with Crippen LogP contribution in [-0.2, 0) is 0 Å². The highest BCUT2D eigenvalue weighted by Gasteiger charge is 2.14. The van der Waals surface area contributed by atoms with Crippen LogP contribution in [0.4, 0.5) is 0 Å². The zero-order valence-electron chi connectivity index (χ0n) is 15.1. The summed E-state index contributed by atoms with van der Waals surface area (Å²) in [5.74, 6) is 0.675. The van der Waals surface area contributed by atoms with E-state index in [1.165, 1.54) is 0 Å². The summed E-state index contributed by atoms with van der Waals surface area (Å²) in [5, 5.41) is 16.3. The van der Waals surface area contributed by atoms with Gasteiger partial charge in [0.2, 0.25) is 0 Å². The maximum Gasteiger partial charge on any atom is 0.251 e. The van der Waals surface area contributed by atoms with E-state index in [2.05, 4.69) is 10.6 Å². The molecule has 1 aromatic rings. The normalized spacial score (nSPS) is 13.0. The minimum absolute atomic E-state index is 0.0659. The molecule has 0 saturated carbocycles. The Morgan fingerprint density at radius 3 is 2.50 bits per heavy atom. The van der Waals surface area contributed by atoms with Crippen molar-refractivity contribution in [1.29, 1.82) is 0 Å². The molecule has 3 N–H and O–H groups in total. The molecule has 0 saturated heterocycles. The number of rotatable bonds is 8. The van der Waals surface area contributed by atoms with Crippen molar-refractivity contribution in [1.82, 2.24) is 10.6 Å². The van der Waals surface area contributed by atoms with Crippen molar-refractivity contribution in [2.75, 3.05) is 19.7 Å². The molecule has 0 aliphatic heterocycles. The second kappa shape index (κ2) is 9.25. The summed E-state index contributed by atoms with van der Waals surface area (Å²) in [5.41, 5.74) is 0.423. The molecular formula is C18H29ClN2O3. The molecule has 0 bridgehead atoms. The highest BCUT2D eigenvalue weighted by atomic mass is 35.5. The van der Waals surface area contributed by atoms with Crippen molar-refractivity contribution in [2.45, 2.75) is 46.3 Å². The van der Waals surface area contributed by atoms with Crippen LogP contribution in [0.1, 0.15) is 45.0 Å². The maximum absolute atomic E-state index is 12.0. The Bertz CT molecular complexity index is 542. The van der Waals surface area contributed by atoms with Gasteiger partial charge in [0.25, 0.3) is 5.91 Å². The van der Waals surface area contributed by atoms with Crippen molar-refractivity contribution in [2.24, 2.45) is 5.92 Å². The number of halogens is 1. The first kappa shape index (κ1) is 20.7. The molecule has 0 aliphatic carbocycles. The van der Waals surface area contributed by atoms with E-state index in [0.717, 1.165) is 0 Å². The number of amides is 1. The van der Waals surface area contributed by atoms with Crippen LogP contribution in [-0.4, -0.2) is 42.4 Å². The number of carbonyl (C=O) groups is 1. The van der Waals surface area contributed by atoms with Crippen LogP contribution in [0, 0.1) is 5.92 Å². The van der Waals surface area contributed by atoms with Crippen LogP contribution < -0.4 is 15.4 Å². The molecule has 136 valence electrons. The van der Waals surface area contributed by atoms with Gasteiger partial charge >= 0.3 is 0 Å². The molecule has 0 spiro atoms. The zero-order chi connectivity index (χ0) is 18.3. The number of β-amino-alcohol motifs (C(OH)–C–C–N with tert-alkyl or cyclic N) is 1. The Morgan fingerprint density at radius 2 is 1.96 bits per heavy atom. The number of benzene rings is 1. The van der Waals surface area contributed by atoms with E-state index >= 15 is 0 Å². The summed E-state index contributed by atoms with van der Waals surface area (Å²) in [6.07, 6.45) is -0.644. The van der Waals surface area contributed by atoms with Gasteiger partial charge in [-0.05, 0) is 44.9 Å². The van der Waals surface area contributed by atoms with Crippen LogP contribution in [0.25, 0.3) is 0 Å². The van der Waals surface area contributed by atoms with Crippen molar-refractivity contribution in [3.8, 4) is 5.75 Å². The molecule has 0 unspecified atom stereocenters. The SMILES string of the molecule is CC(C)CNC(=O)c1ccc(OC[C@@H](O)CNC(C)(C)C)c(Cl)c1. The Labute approximate surface area is 149 Å². The van der Waals surface area contributed by atoms with Gasteiger partial charge < -0.3 is 20.5 Å². The molecule has 6 heteroatoms. The lowest BCUT2D eigenvalue weighted by molar-refractivity contribution is 0.0947. The van der Waals surface area contributed by atoms with E-state index in [1.807, 2.05) is 34.6 Å². The predicted molar refractivity (Wildman–Crippen MR) is 97.9 cm³/mol. The van der Waals surface area contributed by atoms with Crippen LogP contribution >= 0.6 is 11.6 Å². The van der Waals surface area contributed by atoms with Crippen LogP contribution in [0.2, 0.25) is 5.02 Å². The molecule has 0 aromatic heterocycles. The fourth-order valence-electron chi connectivity index (χ4n) is 1.83. The molecule has 5 nitrogen and oxygen atoms in total. The Kier molecular flexibility index (Phi) is 8.00. The van der Waals surface area contributed by atoms with E-state index in [1.54, 1.807) is 18.2 Å². The standard InChI is InChI=1S/C18H29ClN2O3/c1-12(2)9-20-17(23)13-6-7-16(15(19)8-13)24-11-14(22)10-21-18(3,4)5/h6-8,12,14,21-22H,9-11H2,1-5H3,(H,20,23)/t14-/m0/s1. The number of nitrogens with one attached hydrogen (secondary N) is 2. The van der Waals surface area contributed by atoms with Crippen molar-refractivity contribution in [3.63, 3.8) is 0 Å². The van der Waals surface area contributed by atoms with Crippen molar-refractivity contribution < 1.29 is 14.6 Å². The fraction of sp³-hybridized carbons (Fsp3) is 0.611. The molecule has 1 aromatic carbocycles. The molecule has 0 aliphatic rings. The highest BCUT2D eigenvalue weighted by Crippen LogP contribution is 2.25. The summed E-state index contributed by atoms with van der Waals surface area (Å²) in [6, 6.07) is 4.89. The van der Waals surface area contributed by atoms with Gasteiger partial charge in [0.1, 0.15) is 18.5 Å². The summed E-state index contributed by atoms with van der Waals surface area (Å²) in [7, 11) is 0. The largest absolute Gasteiger partial charge is 0.489 e. The van der Waals surface area contributed by atoms with Gasteiger partial charge in [-0.25, -0.2) is 0 Å². The van der Waals surface area contributed by atoms with Gasteiger partial charge in [-0.1, -0.05) is 25.4 Å². The zero-order valence-corrected chi connectivity index (χ0v) is 15.9. The van der Waals surface area contributed by atoms with Gasteiger partial charge in [0.15, 0.2) is 0 Å². The van der Waals surface area contributed by atoms with Crippen LogP contribution in [0.3, 0.4) is 0 Å². The summed E-state index contributed by atoms with van der Waals surface area (Å²) >= 11 is 6.17. The van der Waals surface area contributed by atoms with Crippen LogP contribution in [0.15, 0.2) is 18.2 Å². The van der Waals surface area contributed by atoms with E-state index < -0.39 is 6.10 Å².